The SMILES string of the molecule is COC1=CCC=C(C)C(Cl)=C1. The summed E-state index contributed by atoms with van der Waals surface area (Å²) in [6.07, 6.45) is 6.80. The first-order chi connectivity index (χ1) is 5.24. The van der Waals surface area contributed by atoms with Crippen LogP contribution in [0, 0.1) is 0 Å². The average molecular weight is 171 g/mol. The minimum atomic E-state index is 0.760. The summed E-state index contributed by atoms with van der Waals surface area (Å²) in [5.74, 6) is 0.836. The number of ether oxygens (including phenoxy) is 1. The first-order valence-electron chi connectivity index (χ1n) is 3.52. The Morgan fingerprint density at radius 3 is 2.82 bits per heavy atom. The number of allylic oxidation sites excluding steroid dienone is 5. The fourth-order valence-corrected chi connectivity index (χ4v) is 1.07. The fourth-order valence-electron chi connectivity index (χ4n) is 0.889. The van der Waals surface area contributed by atoms with E-state index in [4.69, 9.17) is 16.3 Å². The largest absolute Gasteiger partial charge is 0.497 e. The minimum absolute atomic E-state index is 0.760. The fraction of sp³-hybridized carbons (Fsp3) is 0.333. The lowest BCUT2D eigenvalue weighted by molar-refractivity contribution is 0.305. The van der Waals surface area contributed by atoms with E-state index in [1.54, 1.807) is 7.11 Å². The van der Waals surface area contributed by atoms with Gasteiger partial charge in [-0.05, 0) is 31.1 Å². The van der Waals surface area contributed by atoms with Crippen molar-refractivity contribution >= 4 is 11.6 Å². The Morgan fingerprint density at radius 1 is 1.45 bits per heavy atom. The molecule has 1 rings (SSSR count). The molecular formula is C9H11ClO. The van der Waals surface area contributed by atoms with Crippen molar-refractivity contribution in [2.45, 2.75) is 13.3 Å². The summed E-state index contributed by atoms with van der Waals surface area (Å²) in [5.41, 5.74) is 1.11. The Labute approximate surface area is 72.0 Å². The first kappa shape index (κ1) is 8.41. The van der Waals surface area contributed by atoms with Crippen LogP contribution in [0.2, 0.25) is 0 Å². The molecule has 0 fully saturated rings. The molecule has 0 unspecified atom stereocenters. The van der Waals surface area contributed by atoms with Crippen LogP contribution < -0.4 is 0 Å². The highest BCUT2D eigenvalue weighted by atomic mass is 35.5. The summed E-state index contributed by atoms with van der Waals surface area (Å²) in [4.78, 5) is 0. The molecule has 0 N–H and O–H groups in total. The van der Waals surface area contributed by atoms with E-state index >= 15 is 0 Å². The molecule has 1 nitrogen and oxygen atoms in total. The Hall–Kier alpha value is -0.690. The van der Waals surface area contributed by atoms with Gasteiger partial charge in [-0.3, -0.25) is 0 Å². The summed E-state index contributed by atoms with van der Waals surface area (Å²) in [5, 5.41) is 0.760. The maximum absolute atomic E-state index is 5.92. The smallest absolute Gasteiger partial charge is 0.116 e. The molecule has 0 aromatic rings. The second-order valence-electron chi connectivity index (χ2n) is 2.43. The molecule has 0 saturated heterocycles. The number of halogens is 1. The molecule has 0 aromatic heterocycles. The normalized spacial score (nSPS) is 17.9. The van der Waals surface area contributed by atoms with Gasteiger partial charge in [-0.25, -0.2) is 0 Å². The van der Waals surface area contributed by atoms with Crippen LogP contribution in [-0.4, -0.2) is 7.11 Å². The van der Waals surface area contributed by atoms with E-state index in [2.05, 4.69) is 6.08 Å². The van der Waals surface area contributed by atoms with Crippen molar-refractivity contribution in [3.8, 4) is 0 Å². The van der Waals surface area contributed by atoms with Gasteiger partial charge in [-0.15, -0.1) is 0 Å². The molecule has 0 radical (unpaired) electrons. The van der Waals surface area contributed by atoms with Crippen LogP contribution in [-0.2, 0) is 4.74 Å². The zero-order chi connectivity index (χ0) is 8.27. The van der Waals surface area contributed by atoms with Crippen molar-refractivity contribution in [2.24, 2.45) is 0 Å². The zero-order valence-electron chi connectivity index (χ0n) is 6.73. The van der Waals surface area contributed by atoms with Crippen LogP contribution in [0.4, 0.5) is 0 Å². The maximum atomic E-state index is 5.92. The second-order valence-corrected chi connectivity index (χ2v) is 2.83. The third kappa shape index (κ3) is 2.12. The Kier molecular flexibility index (Phi) is 2.77. The molecule has 0 bridgehead atoms. The number of hydrogen-bond acceptors (Lipinski definition) is 1. The summed E-state index contributed by atoms with van der Waals surface area (Å²) < 4.78 is 5.06. The first-order valence-corrected chi connectivity index (χ1v) is 3.90. The zero-order valence-corrected chi connectivity index (χ0v) is 7.48. The standard InChI is InChI=1S/C9H11ClO/c1-7-4-3-5-8(11-2)6-9(7)10/h4-6H,3H2,1-2H3. The molecule has 0 atom stereocenters. The summed E-state index contributed by atoms with van der Waals surface area (Å²) in [6.45, 7) is 1.99. The average Bonchev–Trinajstić information content (AvgIpc) is 2.15. The molecule has 2 heteroatoms. The highest BCUT2D eigenvalue weighted by Crippen LogP contribution is 2.20. The summed E-state index contributed by atoms with van der Waals surface area (Å²) in [6, 6.07) is 0. The van der Waals surface area contributed by atoms with Crippen molar-refractivity contribution in [1.82, 2.24) is 0 Å². The van der Waals surface area contributed by atoms with Gasteiger partial charge in [0.15, 0.2) is 0 Å². The van der Waals surface area contributed by atoms with Crippen LogP contribution in [0.1, 0.15) is 13.3 Å². The van der Waals surface area contributed by atoms with E-state index in [1.165, 1.54) is 0 Å². The highest BCUT2D eigenvalue weighted by Gasteiger charge is 2.01. The van der Waals surface area contributed by atoms with Gasteiger partial charge in [-0.2, -0.15) is 0 Å². The molecule has 0 aliphatic heterocycles. The van der Waals surface area contributed by atoms with Crippen LogP contribution in [0.3, 0.4) is 0 Å². The molecule has 1 aliphatic rings. The Bertz CT molecular complexity index is 236. The number of hydrogen-bond donors (Lipinski definition) is 0. The van der Waals surface area contributed by atoms with E-state index in [-0.39, 0.29) is 0 Å². The van der Waals surface area contributed by atoms with E-state index in [0.29, 0.717) is 0 Å². The number of methoxy groups -OCH3 is 1. The van der Waals surface area contributed by atoms with Gasteiger partial charge >= 0.3 is 0 Å². The van der Waals surface area contributed by atoms with Crippen molar-refractivity contribution < 1.29 is 4.74 Å². The number of rotatable bonds is 1. The van der Waals surface area contributed by atoms with Crippen LogP contribution >= 0.6 is 11.6 Å². The van der Waals surface area contributed by atoms with Crippen molar-refractivity contribution in [2.75, 3.05) is 7.11 Å². The van der Waals surface area contributed by atoms with Crippen LogP contribution in [0.15, 0.2) is 34.6 Å². The summed E-state index contributed by atoms with van der Waals surface area (Å²) in [7, 11) is 1.65. The minimum Gasteiger partial charge on any atom is -0.497 e. The topological polar surface area (TPSA) is 9.23 Å². The molecule has 0 amide bonds. The Balaban J connectivity index is 2.87. The van der Waals surface area contributed by atoms with Crippen molar-refractivity contribution in [3.63, 3.8) is 0 Å². The molecule has 60 valence electrons. The lowest BCUT2D eigenvalue weighted by Gasteiger charge is -1.98. The van der Waals surface area contributed by atoms with Crippen molar-refractivity contribution in [3.05, 3.63) is 34.6 Å². The quantitative estimate of drug-likeness (QED) is 0.588. The summed E-state index contributed by atoms with van der Waals surface area (Å²) >= 11 is 5.92. The molecule has 11 heavy (non-hydrogen) atoms. The highest BCUT2D eigenvalue weighted by molar-refractivity contribution is 6.32. The molecule has 0 aromatic carbocycles. The molecule has 1 aliphatic carbocycles. The monoisotopic (exact) mass is 170 g/mol. The molecular weight excluding hydrogens is 160 g/mol. The van der Waals surface area contributed by atoms with E-state index in [9.17, 15) is 0 Å². The van der Waals surface area contributed by atoms with Crippen LogP contribution in [0.5, 0.6) is 0 Å². The van der Waals surface area contributed by atoms with Gasteiger partial charge in [0.2, 0.25) is 0 Å². The second kappa shape index (κ2) is 3.63. The van der Waals surface area contributed by atoms with Gasteiger partial charge in [0, 0.05) is 5.03 Å². The van der Waals surface area contributed by atoms with E-state index in [1.807, 2.05) is 19.1 Å². The predicted octanol–water partition coefficient (Wildman–Crippen LogP) is 2.99. The molecule has 0 spiro atoms. The van der Waals surface area contributed by atoms with E-state index in [0.717, 1.165) is 22.8 Å². The van der Waals surface area contributed by atoms with Gasteiger partial charge in [0.1, 0.15) is 5.76 Å². The lowest BCUT2D eigenvalue weighted by atomic mass is 10.2. The van der Waals surface area contributed by atoms with Gasteiger partial charge in [0.25, 0.3) is 0 Å². The Morgan fingerprint density at radius 2 is 2.18 bits per heavy atom. The van der Waals surface area contributed by atoms with Gasteiger partial charge in [-0.1, -0.05) is 17.7 Å². The van der Waals surface area contributed by atoms with Crippen LogP contribution in [0.25, 0.3) is 0 Å². The van der Waals surface area contributed by atoms with E-state index < -0.39 is 0 Å². The third-order valence-corrected chi connectivity index (χ3v) is 2.03. The molecule has 0 saturated carbocycles. The van der Waals surface area contributed by atoms with Gasteiger partial charge in [0.05, 0.1) is 7.11 Å². The van der Waals surface area contributed by atoms with Gasteiger partial charge < -0.3 is 4.74 Å². The predicted molar refractivity (Wildman–Crippen MR) is 47.4 cm³/mol. The van der Waals surface area contributed by atoms with Crippen molar-refractivity contribution in [1.29, 1.82) is 0 Å². The third-order valence-electron chi connectivity index (χ3n) is 1.62. The maximum Gasteiger partial charge on any atom is 0.116 e. The molecule has 0 heterocycles. The lowest BCUT2D eigenvalue weighted by Crippen LogP contribution is -1.81.